The number of nitrogens with one attached hydrogen (secondary N) is 2. The van der Waals surface area contributed by atoms with Gasteiger partial charge in [0.1, 0.15) is 25.1 Å². The largest absolute Gasteiger partial charge is 0.487 e. The zero-order valence-corrected chi connectivity index (χ0v) is 25.1. The minimum atomic E-state index is -4.76. The number of rotatable bonds is 10. The van der Waals surface area contributed by atoms with E-state index in [1.54, 1.807) is 20.8 Å². The molecule has 2 atom stereocenters. The third-order valence-electron chi connectivity index (χ3n) is 6.02. The molecular weight excluding hydrogens is 667 g/mol. The number of carbonyl (C=O) groups excluding carboxylic acids is 3. The minimum absolute atomic E-state index is 0.0196. The fourth-order valence-corrected chi connectivity index (χ4v) is 4.89. The number of nitrogens with zero attached hydrogens (tertiary/aromatic N) is 1. The van der Waals surface area contributed by atoms with E-state index in [1.165, 1.54) is 0 Å². The van der Waals surface area contributed by atoms with Crippen molar-refractivity contribution in [2.75, 3.05) is 26.3 Å². The number of nitrogens with two attached hydrogens (primary N) is 1. The van der Waals surface area contributed by atoms with Gasteiger partial charge in [-0.1, -0.05) is 28.1 Å². The highest BCUT2D eigenvalue weighted by Gasteiger charge is 2.69. The second kappa shape index (κ2) is 13.2. The molecule has 0 fully saturated rings. The van der Waals surface area contributed by atoms with Gasteiger partial charge in [0.15, 0.2) is 17.3 Å². The SMILES string of the molecule is CC(C)(C)OC(=O)NCCNC(=O)OCCOC1=C(F)C(C(N)=O)(c2ncco2)C(F)(c2ccc(C(F)(F)F)cc2)C(Br)=C1. The number of halogens is 6. The number of ether oxygens (including phenoxy) is 3. The number of aromatic nitrogens is 1. The molecule has 11 nitrogen and oxygen atoms in total. The maximum Gasteiger partial charge on any atom is 0.416 e. The molecule has 17 heteroatoms. The van der Waals surface area contributed by atoms with Crippen molar-refractivity contribution < 1.29 is 55.0 Å². The summed E-state index contributed by atoms with van der Waals surface area (Å²) in [5.41, 5.74) is -3.28. The highest BCUT2D eigenvalue weighted by atomic mass is 79.9. The normalized spacial score (nSPS) is 20.4. The summed E-state index contributed by atoms with van der Waals surface area (Å²) in [6.45, 7) is 4.11. The number of oxazole rings is 1. The lowest BCUT2D eigenvalue weighted by atomic mass is 9.65. The van der Waals surface area contributed by atoms with E-state index in [-0.39, 0.29) is 13.1 Å². The van der Waals surface area contributed by atoms with Crippen molar-refractivity contribution in [1.82, 2.24) is 15.6 Å². The number of alkyl carbamates (subject to hydrolysis) is 2. The maximum atomic E-state index is 17.2. The number of alkyl halides is 4. The minimum Gasteiger partial charge on any atom is -0.487 e. The summed E-state index contributed by atoms with van der Waals surface area (Å²) < 4.78 is 92.8. The molecule has 2 aromatic rings. The third kappa shape index (κ3) is 7.14. The van der Waals surface area contributed by atoms with E-state index in [1.807, 2.05) is 0 Å². The average molecular weight is 695 g/mol. The molecule has 0 bridgehead atoms. The van der Waals surface area contributed by atoms with Crippen molar-refractivity contribution in [3.8, 4) is 0 Å². The van der Waals surface area contributed by atoms with Crippen molar-refractivity contribution in [3.63, 3.8) is 0 Å². The molecule has 1 aromatic carbocycles. The van der Waals surface area contributed by atoms with Gasteiger partial charge in [0, 0.05) is 17.6 Å². The molecule has 1 heterocycles. The number of primary amides is 1. The van der Waals surface area contributed by atoms with E-state index < -0.39 is 87.3 Å². The van der Waals surface area contributed by atoms with Crippen LogP contribution < -0.4 is 16.4 Å². The van der Waals surface area contributed by atoms with Gasteiger partial charge in [0.25, 0.3) is 0 Å². The first-order valence-electron chi connectivity index (χ1n) is 12.8. The predicted molar refractivity (Wildman–Crippen MR) is 146 cm³/mol. The molecule has 0 radical (unpaired) electrons. The van der Waals surface area contributed by atoms with Crippen molar-refractivity contribution in [1.29, 1.82) is 0 Å². The smallest absolute Gasteiger partial charge is 0.416 e. The van der Waals surface area contributed by atoms with E-state index in [9.17, 15) is 27.6 Å². The Labute approximate surface area is 256 Å². The topological polar surface area (TPSA) is 155 Å². The van der Waals surface area contributed by atoms with Crippen LogP contribution in [0.15, 0.2) is 63.3 Å². The highest BCUT2D eigenvalue weighted by molar-refractivity contribution is 9.11. The van der Waals surface area contributed by atoms with E-state index in [4.69, 9.17) is 24.4 Å². The van der Waals surface area contributed by atoms with Gasteiger partial charge in [-0.15, -0.1) is 0 Å². The molecule has 2 unspecified atom stereocenters. The zero-order chi connectivity index (χ0) is 32.9. The molecule has 4 N–H and O–H groups in total. The van der Waals surface area contributed by atoms with E-state index in [0.717, 1.165) is 30.7 Å². The van der Waals surface area contributed by atoms with Crippen molar-refractivity contribution in [3.05, 3.63) is 75.9 Å². The summed E-state index contributed by atoms with van der Waals surface area (Å²) in [6.07, 6.45) is -3.63. The van der Waals surface area contributed by atoms with Gasteiger partial charge in [-0.25, -0.2) is 23.4 Å². The Morgan fingerprint density at radius 1 is 1.05 bits per heavy atom. The molecule has 0 aliphatic heterocycles. The van der Waals surface area contributed by atoms with Gasteiger partial charge in [0.2, 0.25) is 17.2 Å². The Morgan fingerprint density at radius 3 is 2.18 bits per heavy atom. The van der Waals surface area contributed by atoms with Crippen LogP contribution in [0.4, 0.5) is 31.5 Å². The Hall–Kier alpha value is -4.15. The summed E-state index contributed by atoms with van der Waals surface area (Å²) in [7, 11) is 0. The summed E-state index contributed by atoms with van der Waals surface area (Å²) in [6, 6.07) is 2.57. The molecule has 0 spiro atoms. The van der Waals surface area contributed by atoms with Gasteiger partial charge in [-0.2, -0.15) is 13.2 Å². The number of hydrogen-bond donors (Lipinski definition) is 3. The van der Waals surface area contributed by atoms with E-state index in [0.29, 0.717) is 12.1 Å². The van der Waals surface area contributed by atoms with Crippen LogP contribution in [0.2, 0.25) is 0 Å². The van der Waals surface area contributed by atoms with E-state index >= 15 is 8.78 Å². The first kappa shape index (κ1) is 34.3. The van der Waals surface area contributed by atoms with Crippen molar-refractivity contribution in [2.45, 2.75) is 43.6 Å². The van der Waals surface area contributed by atoms with Gasteiger partial charge in [-0.3, -0.25) is 4.79 Å². The molecule has 240 valence electrons. The second-order valence-corrected chi connectivity index (χ2v) is 11.0. The molecule has 0 saturated carbocycles. The Bertz CT molecular complexity index is 1430. The summed E-state index contributed by atoms with van der Waals surface area (Å²) >= 11 is 2.97. The Kier molecular flexibility index (Phi) is 10.3. The van der Waals surface area contributed by atoms with Gasteiger partial charge < -0.3 is 35.0 Å². The Morgan fingerprint density at radius 2 is 1.66 bits per heavy atom. The van der Waals surface area contributed by atoms with Crippen LogP contribution in [0.5, 0.6) is 0 Å². The zero-order valence-electron chi connectivity index (χ0n) is 23.5. The summed E-state index contributed by atoms with van der Waals surface area (Å²) in [5.74, 6) is -4.80. The van der Waals surface area contributed by atoms with Crippen molar-refractivity contribution in [2.24, 2.45) is 5.73 Å². The predicted octanol–water partition coefficient (Wildman–Crippen LogP) is 5.02. The molecule has 44 heavy (non-hydrogen) atoms. The fraction of sp³-hybridized carbons (Fsp3) is 0.407. The van der Waals surface area contributed by atoms with Crippen molar-refractivity contribution >= 4 is 34.0 Å². The molecule has 3 amide bonds. The van der Waals surface area contributed by atoms with E-state index in [2.05, 4.69) is 31.5 Å². The monoisotopic (exact) mass is 694 g/mol. The first-order chi connectivity index (χ1) is 20.4. The number of carbonyl (C=O) groups is 3. The molecule has 0 saturated heterocycles. The van der Waals surface area contributed by atoms with Crippen LogP contribution >= 0.6 is 15.9 Å². The van der Waals surface area contributed by atoms with Crippen LogP contribution in [-0.4, -0.2) is 55.0 Å². The van der Waals surface area contributed by atoms with Gasteiger partial charge in [0.05, 0.1) is 11.8 Å². The molecule has 1 aliphatic rings. The summed E-state index contributed by atoms with van der Waals surface area (Å²) in [4.78, 5) is 40.2. The van der Waals surface area contributed by atoms with Crippen LogP contribution in [0.25, 0.3) is 0 Å². The lowest BCUT2D eigenvalue weighted by Gasteiger charge is -2.42. The second-order valence-electron chi connectivity index (χ2n) is 10.2. The van der Waals surface area contributed by atoms with Crippen LogP contribution in [-0.2, 0) is 36.3 Å². The number of hydrogen-bond acceptors (Lipinski definition) is 8. The summed E-state index contributed by atoms with van der Waals surface area (Å²) in [5, 5.41) is 4.77. The highest BCUT2D eigenvalue weighted by Crippen LogP contribution is 2.59. The molecular formula is C27H28BrF5N4O7. The van der Waals surface area contributed by atoms with Gasteiger partial charge >= 0.3 is 18.4 Å². The lowest BCUT2D eigenvalue weighted by molar-refractivity contribution is -0.137. The fourth-order valence-electron chi connectivity index (χ4n) is 4.15. The number of amides is 3. The number of allylic oxidation sites excluding steroid dienone is 2. The average Bonchev–Trinajstić information content (AvgIpc) is 3.45. The molecule has 1 aliphatic carbocycles. The molecule has 1 aromatic heterocycles. The first-order valence-corrected chi connectivity index (χ1v) is 13.6. The van der Waals surface area contributed by atoms with Crippen LogP contribution in [0, 0.1) is 0 Å². The standard InChI is InChI=1S/C27H28BrF5N4O7/c1-24(2,3)44-23(40)37-9-8-36-22(39)43-13-12-41-17-14-18(28)26(30,15-4-6-16(7-5-15)27(31,32)33)25(19(17)29,20(34)38)21-35-10-11-42-21/h4-7,10-11,14H,8-9,12-13H2,1-3H3,(H2,34,38)(H,36,39)(H,37,40). The number of benzene rings is 1. The Balaban J connectivity index is 1.77. The van der Waals surface area contributed by atoms with Gasteiger partial charge in [-0.05, 0) is 44.5 Å². The van der Waals surface area contributed by atoms with Crippen LogP contribution in [0.1, 0.15) is 37.8 Å². The van der Waals surface area contributed by atoms with Crippen LogP contribution in [0.3, 0.4) is 0 Å². The maximum absolute atomic E-state index is 17.2. The third-order valence-corrected chi connectivity index (χ3v) is 6.79. The lowest BCUT2D eigenvalue weighted by Crippen LogP contribution is -2.57. The quantitative estimate of drug-likeness (QED) is 0.231. The molecule has 3 rings (SSSR count).